The number of allylic oxidation sites excluding steroid dienone is 2. The molecule has 1 nitrogen and oxygen atoms in total. The maximum absolute atomic E-state index is 9.83. The van der Waals surface area contributed by atoms with Crippen LogP contribution in [-0.2, 0) is 0 Å². The van der Waals surface area contributed by atoms with E-state index in [0.717, 1.165) is 5.57 Å². The molecule has 0 saturated carbocycles. The fraction of sp³-hybridized carbons (Fsp3) is 0.600. The molecule has 1 N–H and O–H groups in total. The lowest BCUT2D eigenvalue weighted by Gasteiger charge is -2.27. The zero-order chi connectivity index (χ0) is 11.0. The molecule has 1 aliphatic rings. The molecule has 62 valence electrons. The maximum Gasteiger partial charge on any atom is 0.0800 e. The molecule has 2 atom stereocenters. The van der Waals surface area contributed by atoms with E-state index in [1.165, 1.54) is 6.08 Å². The molecule has 0 aromatic rings. The first-order chi connectivity index (χ1) is 6.26. The van der Waals surface area contributed by atoms with Crippen LogP contribution in [0.4, 0.5) is 0 Å². The van der Waals surface area contributed by atoms with Crippen molar-refractivity contribution in [1.29, 1.82) is 0 Å². The Morgan fingerprint density at radius 2 is 2.64 bits per heavy atom. The number of hydrogen-bond donors (Lipinski definition) is 1. The van der Waals surface area contributed by atoms with E-state index in [4.69, 9.17) is 4.11 Å². The normalized spacial score (nSPS) is 42.4. The highest BCUT2D eigenvalue weighted by molar-refractivity contribution is 5.14. The zero-order valence-electron chi connectivity index (χ0n) is 9.80. The minimum atomic E-state index is -2.33. The summed E-state index contributed by atoms with van der Waals surface area (Å²) < 4.78 is 21.6. The van der Waals surface area contributed by atoms with E-state index in [0.29, 0.717) is 6.42 Å². The maximum atomic E-state index is 9.83. The first kappa shape index (κ1) is 5.15. The second-order valence-corrected chi connectivity index (χ2v) is 3.27. The molecule has 0 spiro atoms. The van der Waals surface area contributed by atoms with Crippen LogP contribution < -0.4 is 0 Å². The first-order valence-corrected chi connectivity index (χ1v) is 3.83. The van der Waals surface area contributed by atoms with Gasteiger partial charge in [0.25, 0.3) is 0 Å². The van der Waals surface area contributed by atoms with Crippen molar-refractivity contribution in [3.05, 3.63) is 24.3 Å². The van der Waals surface area contributed by atoms with Crippen molar-refractivity contribution in [2.75, 3.05) is 0 Å². The van der Waals surface area contributed by atoms with Gasteiger partial charge in [-0.15, -0.1) is 0 Å². The molecule has 1 rings (SSSR count). The van der Waals surface area contributed by atoms with Crippen LogP contribution in [0.15, 0.2) is 24.3 Å². The highest BCUT2D eigenvalue weighted by Gasteiger charge is 2.23. The summed E-state index contributed by atoms with van der Waals surface area (Å²) in [6, 6.07) is 0. The Morgan fingerprint density at radius 1 is 1.91 bits per heavy atom. The molecule has 0 aromatic carbocycles. The largest absolute Gasteiger partial charge is 0.386 e. The first-order valence-electron chi connectivity index (χ1n) is 5.33. The van der Waals surface area contributed by atoms with Gasteiger partial charge < -0.3 is 5.11 Å². The van der Waals surface area contributed by atoms with Gasteiger partial charge in [-0.3, -0.25) is 0 Å². The molecule has 1 heteroatoms. The van der Waals surface area contributed by atoms with Gasteiger partial charge in [-0.1, -0.05) is 24.3 Å². The lowest BCUT2D eigenvalue weighted by Crippen LogP contribution is -2.25. The number of aliphatic hydroxyl groups is 1. The molecule has 0 radical (unpaired) electrons. The Balaban J connectivity index is 2.82. The molecule has 0 aliphatic heterocycles. The smallest absolute Gasteiger partial charge is 0.0800 e. The van der Waals surface area contributed by atoms with Crippen molar-refractivity contribution < 1.29 is 9.22 Å². The quantitative estimate of drug-likeness (QED) is 0.576. The Hall–Kier alpha value is -0.560. The Bertz CT molecular complexity index is 267. The zero-order valence-corrected chi connectivity index (χ0v) is 6.80. The number of hydrogen-bond acceptors (Lipinski definition) is 1. The fourth-order valence-electron chi connectivity index (χ4n) is 1.24. The minimum absolute atomic E-state index is 0.206. The second kappa shape index (κ2) is 2.82. The Kier molecular flexibility index (Phi) is 1.32. The molecular weight excluding hydrogens is 136 g/mol. The Morgan fingerprint density at radius 3 is 3.00 bits per heavy atom. The van der Waals surface area contributed by atoms with E-state index in [9.17, 15) is 5.11 Å². The molecule has 11 heavy (non-hydrogen) atoms. The van der Waals surface area contributed by atoms with Gasteiger partial charge in [-0.05, 0) is 32.5 Å². The van der Waals surface area contributed by atoms with Crippen molar-refractivity contribution in [3.63, 3.8) is 0 Å². The molecule has 0 saturated heterocycles. The standard InChI is InChI=1S/C10H16O/c1-8(2)9-4-6-10(3,11)7-5-9/h4,6,9,11H,1,5,7H2,2-3H3/t9-,10?/m0/s1/i3D3. The van der Waals surface area contributed by atoms with E-state index in [1.807, 2.05) is 6.92 Å². The van der Waals surface area contributed by atoms with E-state index < -0.39 is 12.5 Å². The van der Waals surface area contributed by atoms with Gasteiger partial charge in [0, 0.05) is 4.11 Å². The Labute approximate surface area is 72.6 Å². The molecule has 0 bridgehead atoms. The van der Waals surface area contributed by atoms with Crippen molar-refractivity contribution in [2.45, 2.75) is 32.2 Å². The minimum Gasteiger partial charge on any atom is -0.386 e. The van der Waals surface area contributed by atoms with Crippen molar-refractivity contribution in [3.8, 4) is 0 Å². The van der Waals surface area contributed by atoms with Crippen LogP contribution in [0.1, 0.15) is 30.7 Å². The summed E-state index contributed by atoms with van der Waals surface area (Å²) in [7, 11) is 0. The SMILES string of the molecule is [2H]C([2H])([2H])C1(O)C=C[C@H](C(=C)C)CC1. The second-order valence-electron chi connectivity index (χ2n) is 3.27. The van der Waals surface area contributed by atoms with E-state index in [-0.39, 0.29) is 12.3 Å². The van der Waals surface area contributed by atoms with Gasteiger partial charge in [-0.25, -0.2) is 0 Å². The molecule has 1 unspecified atom stereocenters. The third-order valence-electron chi connectivity index (χ3n) is 2.07. The van der Waals surface area contributed by atoms with E-state index >= 15 is 0 Å². The predicted octanol–water partition coefficient (Wildman–Crippen LogP) is 2.28. The summed E-state index contributed by atoms with van der Waals surface area (Å²) in [5.41, 5.74) is -0.632. The topological polar surface area (TPSA) is 20.2 Å². The van der Waals surface area contributed by atoms with Crippen LogP contribution in [0.25, 0.3) is 0 Å². The average Bonchev–Trinajstić information content (AvgIpc) is 2.03. The summed E-state index contributed by atoms with van der Waals surface area (Å²) in [5.74, 6) is 0.206. The fourth-order valence-corrected chi connectivity index (χ4v) is 1.24. The molecular formula is C10H16O. The molecule has 0 fully saturated rings. The van der Waals surface area contributed by atoms with Crippen molar-refractivity contribution in [2.24, 2.45) is 5.92 Å². The van der Waals surface area contributed by atoms with Gasteiger partial charge in [-0.2, -0.15) is 0 Å². The lowest BCUT2D eigenvalue weighted by molar-refractivity contribution is 0.0903. The van der Waals surface area contributed by atoms with Crippen molar-refractivity contribution in [1.82, 2.24) is 0 Å². The van der Waals surface area contributed by atoms with E-state index in [2.05, 4.69) is 6.58 Å². The van der Waals surface area contributed by atoms with Crippen molar-refractivity contribution >= 4 is 0 Å². The molecule has 0 aromatic heterocycles. The average molecular weight is 155 g/mol. The van der Waals surface area contributed by atoms with Crippen LogP contribution in [0.3, 0.4) is 0 Å². The van der Waals surface area contributed by atoms with Crippen LogP contribution in [0.5, 0.6) is 0 Å². The highest BCUT2D eigenvalue weighted by Crippen LogP contribution is 2.28. The molecule has 0 heterocycles. The summed E-state index contributed by atoms with van der Waals surface area (Å²) in [6.07, 6.45) is 4.08. The molecule has 0 amide bonds. The lowest BCUT2D eigenvalue weighted by atomic mass is 9.84. The summed E-state index contributed by atoms with van der Waals surface area (Å²) in [4.78, 5) is 0. The third-order valence-corrected chi connectivity index (χ3v) is 2.07. The molecule has 1 aliphatic carbocycles. The third kappa shape index (κ3) is 2.19. The monoisotopic (exact) mass is 155 g/mol. The summed E-state index contributed by atoms with van der Waals surface area (Å²) >= 11 is 0. The van der Waals surface area contributed by atoms with Gasteiger partial charge in [0.1, 0.15) is 0 Å². The van der Waals surface area contributed by atoms with Gasteiger partial charge in [0.05, 0.1) is 5.60 Å². The van der Waals surface area contributed by atoms with Gasteiger partial charge in [0.15, 0.2) is 0 Å². The van der Waals surface area contributed by atoms with Crippen LogP contribution in [0, 0.1) is 5.92 Å². The highest BCUT2D eigenvalue weighted by atomic mass is 16.3. The van der Waals surface area contributed by atoms with Crippen LogP contribution in [-0.4, -0.2) is 10.7 Å². The predicted molar refractivity (Wildman–Crippen MR) is 47.3 cm³/mol. The van der Waals surface area contributed by atoms with Gasteiger partial charge >= 0.3 is 0 Å². The van der Waals surface area contributed by atoms with Gasteiger partial charge in [0.2, 0.25) is 0 Å². The van der Waals surface area contributed by atoms with Crippen LogP contribution in [0.2, 0.25) is 0 Å². The summed E-state index contributed by atoms with van der Waals surface area (Å²) in [5, 5.41) is 9.83. The van der Waals surface area contributed by atoms with Crippen LogP contribution >= 0.6 is 0 Å². The van der Waals surface area contributed by atoms with E-state index in [1.54, 1.807) is 6.08 Å². The number of rotatable bonds is 1. The summed E-state index contributed by atoms with van der Waals surface area (Å²) in [6.45, 7) is 3.40.